The molecule has 0 saturated carbocycles. The molecule has 0 bridgehead atoms. The van der Waals surface area contributed by atoms with Crippen LogP contribution >= 0.6 is 0 Å². The van der Waals surface area contributed by atoms with E-state index in [-0.39, 0.29) is 12.5 Å². The van der Waals surface area contributed by atoms with E-state index in [1.165, 1.54) is 13.3 Å². The van der Waals surface area contributed by atoms with Gasteiger partial charge < -0.3 is 20.1 Å². The molecule has 0 aromatic heterocycles. The van der Waals surface area contributed by atoms with Gasteiger partial charge in [-0.15, -0.1) is 0 Å². The fourth-order valence-electron chi connectivity index (χ4n) is 2.58. The zero-order chi connectivity index (χ0) is 23.5. The molecule has 0 aliphatic heterocycles. The summed E-state index contributed by atoms with van der Waals surface area (Å²) in [6, 6.07) is 10.6. The summed E-state index contributed by atoms with van der Waals surface area (Å²) < 4.78 is 10.9. The molecular weight excluding hydrogens is 412 g/mol. The Bertz CT molecular complexity index is 1000. The maximum Gasteiger partial charge on any atom is 0.329 e. The largest absolute Gasteiger partial charge is 0.493 e. The maximum atomic E-state index is 12.2. The Balaban J connectivity index is 1.92. The molecule has 0 saturated heterocycles. The van der Waals surface area contributed by atoms with Crippen molar-refractivity contribution >= 4 is 29.6 Å². The summed E-state index contributed by atoms with van der Waals surface area (Å²) in [5, 5.41) is 9.01. The molecule has 9 heteroatoms. The standard InChI is InChI=1S/C23H28N4O5/c1-5-10-24-22(29)23(30)27-25-13-17-7-9-19(20(12-17)31-4)32-14-21(28)26-18-8-6-15(2)16(3)11-18/h6-9,11-13H,5,10,14H2,1-4H3,(H,24,29)(H,26,28)(H,27,30)/b25-13-. The molecule has 0 spiro atoms. The summed E-state index contributed by atoms with van der Waals surface area (Å²) >= 11 is 0. The highest BCUT2D eigenvalue weighted by molar-refractivity contribution is 6.35. The lowest BCUT2D eigenvalue weighted by Gasteiger charge is -2.12. The van der Waals surface area contributed by atoms with E-state index in [4.69, 9.17) is 9.47 Å². The number of anilines is 1. The van der Waals surface area contributed by atoms with Gasteiger partial charge in [-0.3, -0.25) is 14.4 Å². The zero-order valence-corrected chi connectivity index (χ0v) is 18.7. The summed E-state index contributed by atoms with van der Waals surface area (Å²) in [6.07, 6.45) is 2.09. The van der Waals surface area contributed by atoms with Gasteiger partial charge in [0.1, 0.15) is 0 Å². The Morgan fingerprint density at radius 3 is 2.47 bits per heavy atom. The molecule has 0 atom stereocenters. The topological polar surface area (TPSA) is 118 Å². The second-order valence-electron chi connectivity index (χ2n) is 7.00. The van der Waals surface area contributed by atoms with Crippen molar-refractivity contribution < 1.29 is 23.9 Å². The Hall–Kier alpha value is -3.88. The van der Waals surface area contributed by atoms with Crippen molar-refractivity contribution in [1.82, 2.24) is 10.7 Å². The van der Waals surface area contributed by atoms with Crippen molar-refractivity contribution in [3.8, 4) is 11.5 Å². The molecule has 3 amide bonds. The van der Waals surface area contributed by atoms with Crippen molar-refractivity contribution in [3.63, 3.8) is 0 Å². The molecule has 32 heavy (non-hydrogen) atoms. The van der Waals surface area contributed by atoms with Crippen LogP contribution in [0.4, 0.5) is 5.69 Å². The van der Waals surface area contributed by atoms with Gasteiger partial charge in [-0.1, -0.05) is 13.0 Å². The first-order chi connectivity index (χ1) is 15.3. The van der Waals surface area contributed by atoms with Crippen molar-refractivity contribution in [2.75, 3.05) is 25.6 Å². The number of carbonyl (C=O) groups excluding carboxylic acids is 3. The van der Waals surface area contributed by atoms with E-state index in [2.05, 4.69) is 21.2 Å². The monoisotopic (exact) mass is 440 g/mol. The van der Waals surface area contributed by atoms with E-state index in [0.717, 1.165) is 17.5 Å². The summed E-state index contributed by atoms with van der Waals surface area (Å²) in [5.74, 6) is -1.13. The number of methoxy groups -OCH3 is 1. The van der Waals surface area contributed by atoms with E-state index in [1.807, 2.05) is 39.0 Å². The molecule has 0 aliphatic carbocycles. The van der Waals surface area contributed by atoms with Crippen LogP contribution in [-0.2, 0) is 14.4 Å². The summed E-state index contributed by atoms with van der Waals surface area (Å²) in [7, 11) is 1.47. The first-order valence-electron chi connectivity index (χ1n) is 10.1. The predicted molar refractivity (Wildman–Crippen MR) is 122 cm³/mol. The number of hydrogen-bond acceptors (Lipinski definition) is 6. The molecule has 3 N–H and O–H groups in total. The average Bonchev–Trinajstić information content (AvgIpc) is 2.78. The van der Waals surface area contributed by atoms with Gasteiger partial charge in [0.2, 0.25) is 0 Å². The van der Waals surface area contributed by atoms with E-state index < -0.39 is 11.8 Å². The van der Waals surface area contributed by atoms with Crippen LogP contribution < -0.4 is 25.5 Å². The second-order valence-corrected chi connectivity index (χ2v) is 7.00. The Kier molecular flexibility index (Phi) is 9.22. The average molecular weight is 441 g/mol. The maximum absolute atomic E-state index is 12.2. The van der Waals surface area contributed by atoms with Crippen LogP contribution in [0.2, 0.25) is 0 Å². The fourth-order valence-corrected chi connectivity index (χ4v) is 2.58. The molecule has 0 unspecified atom stereocenters. The van der Waals surface area contributed by atoms with Crippen LogP contribution in [0.5, 0.6) is 11.5 Å². The van der Waals surface area contributed by atoms with Crippen LogP contribution in [-0.4, -0.2) is 44.2 Å². The number of hydrazone groups is 1. The SMILES string of the molecule is CCCNC(=O)C(=O)N/N=C\c1ccc(OCC(=O)Nc2ccc(C)c(C)c2)c(OC)c1. The van der Waals surface area contributed by atoms with Crippen molar-refractivity contribution in [1.29, 1.82) is 0 Å². The van der Waals surface area contributed by atoms with Gasteiger partial charge in [0.15, 0.2) is 18.1 Å². The molecule has 0 heterocycles. The molecule has 2 aromatic carbocycles. The van der Waals surface area contributed by atoms with Gasteiger partial charge in [-0.25, -0.2) is 5.43 Å². The number of hydrogen-bond donors (Lipinski definition) is 3. The number of rotatable bonds is 9. The molecule has 2 aromatic rings. The molecular formula is C23H28N4O5. The lowest BCUT2D eigenvalue weighted by Crippen LogP contribution is -2.38. The van der Waals surface area contributed by atoms with E-state index >= 15 is 0 Å². The Labute approximate surface area is 187 Å². The van der Waals surface area contributed by atoms with Crippen LogP contribution in [0.15, 0.2) is 41.5 Å². The van der Waals surface area contributed by atoms with Crippen LogP contribution in [0.1, 0.15) is 30.0 Å². The minimum Gasteiger partial charge on any atom is -0.493 e. The number of nitrogens with one attached hydrogen (secondary N) is 3. The highest BCUT2D eigenvalue weighted by atomic mass is 16.5. The number of amides is 3. The molecule has 0 fully saturated rings. The fraction of sp³-hybridized carbons (Fsp3) is 0.304. The van der Waals surface area contributed by atoms with Crippen molar-refractivity contribution in [2.45, 2.75) is 27.2 Å². The zero-order valence-electron chi connectivity index (χ0n) is 18.7. The summed E-state index contributed by atoms with van der Waals surface area (Å²) in [4.78, 5) is 35.3. The molecule has 0 aliphatic rings. The third-order valence-electron chi connectivity index (χ3n) is 4.46. The predicted octanol–water partition coefficient (Wildman–Crippen LogP) is 2.31. The first-order valence-corrected chi connectivity index (χ1v) is 10.1. The lowest BCUT2D eigenvalue weighted by atomic mass is 10.1. The highest BCUT2D eigenvalue weighted by Crippen LogP contribution is 2.27. The first kappa shape index (κ1) is 24.4. The van der Waals surface area contributed by atoms with Crippen molar-refractivity contribution in [3.05, 3.63) is 53.1 Å². The quantitative estimate of drug-likeness (QED) is 0.314. The van der Waals surface area contributed by atoms with Crippen LogP contribution in [0, 0.1) is 13.8 Å². The number of aryl methyl sites for hydroxylation is 2. The van der Waals surface area contributed by atoms with E-state index in [0.29, 0.717) is 29.3 Å². The highest BCUT2D eigenvalue weighted by Gasteiger charge is 2.11. The smallest absolute Gasteiger partial charge is 0.329 e. The second kappa shape index (κ2) is 12.1. The molecule has 170 valence electrons. The van der Waals surface area contributed by atoms with Gasteiger partial charge in [0, 0.05) is 12.2 Å². The van der Waals surface area contributed by atoms with E-state index in [9.17, 15) is 14.4 Å². The minimum atomic E-state index is -0.851. The van der Waals surface area contributed by atoms with Gasteiger partial charge in [-0.05, 0) is 67.3 Å². The Morgan fingerprint density at radius 2 is 1.78 bits per heavy atom. The van der Waals surface area contributed by atoms with Gasteiger partial charge in [-0.2, -0.15) is 5.10 Å². The normalized spacial score (nSPS) is 10.5. The van der Waals surface area contributed by atoms with E-state index in [1.54, 1.807) is 18.2 Å². The number of nitrogens with zero attached hydrogens (tertiary/aromatic N) is 1. The lowest BCUT2D eigenvalue weighted by molar-refractivity contribution is -0.139. The van der Waals surface area contributed by atoms with Gasteiger partial charge in [0.05, 0.1) is 13.3 Å². The minimum absolute atomic E-state index is 0.195. The number of benzene rings is 2. The van der Waals surface area contributed by atoms with Gasteiger partial charge in [0.25, 0.3) is 5.91 Å². The number of ether oxygens (including phenoxy) is 2. The van der Waals surface area contributed by atoms with Crippen LogP contribution in [0.3, 0.4) is 0 Å². The van der Waals surface area contributed by atoms with Crippen molar-refractivity contribution in [2.24, 2.45) is 5.10 Å². The summed E-state index contributed by atoms with van der Waals surface area (Å²) in [6.45, 7) is 6.08. The molecule has 9 nitrogen and oxygen atoms in total. The third kappa shape index (κ3) is 7.42. The Morgan fingerprint density at radius 1 is 1.00 bits per heavy atom. The summed E-state index contributed by atoms with van der Waals surface area (Å²) in [5.41, 5.74) is 5.68. The molecule has 0 radical (unpaired) electrons. The van der Waals surface area contributed by atoms with Crippen LogP contribution in [0.25, 0.3) is 0 Å². The van der Waals surface area contributed by atoms with Gasteiger partial charge >= 0.3 is 11.8 Å². The third-order valence-corrected chi connectivity index (χ3v) is 4.46. The number of carbonyl (C=O) groups is 3. The molecule has 2 rings (SSSR count).